The number of hydrogen-bond donors (Lipinski definition) is 2. The molecular weight excluding hydrogens is 264 g/mol. The molecule has 1 aliphatic heterocycles. The Morgan fingerprint density at radius 2 is 1.71 bits per heavy atom. The van der Waals surface area contributed by atoms with Crippen molar-refractivity contribution in [3.8, 4) is 0 Å². The summed E-state index contributed by atoms with van der Waals surface area (Å²) in [5.74, 6) is 0.161. The van der Waals surface area contributed by atoms with Crippen LogP contribution < -0.4 is 10.7 Å². The van der Waals surface area contributed by atoms with Crippen LogP contribution in [0.1, 0.15) is 12.0 Å². The van der Waals surface area contributed by atoms with Crippen molar-refractivity contribution >= 4 is 17.2 Å². The molecule has 106 valence electrons. The average Bonchev–Trinajstić information content (AvgIpc) is 3.01. The Bertz CT molecular complexity index is 667. The number of rotatable bonds is 3. The molecule has 2 aromatic rings. The van der Waals surface area contributed by atoms with Gasteiger partial charge < -0.3 is 10.9 Å². The van der Waals surface area contributed by atoms with Crippen LogP contribution in [0.4, 0.5) is 5.69 Å². The first-order valence-electron chi connectivity index (χ1n) is 6.74. The fraction of sp³-hybridized carbons (Fsp3) is 0.125. The summed E-state index contributed by atoms with van der Waals surface area (Å²) in [6, 6.07) is 19.4. The normalized spacial score (nSPS) is 18.7. The lowest BCUT2D eigenvalue weighted by atomic mass is 10.0. The van der Waals surface area contributed by atoms with E-state index in [4.69, 9.17) is 10.9 Å². The molecule has 0 bridgehead atoms. The molecule has 0 saturated heterocycles. The van der Waals surface area contributed by atoms with Gasteiger partial charge in [0.2, 0.25) is 0 Å². The van der Waals surface area contributed by atoms with Crippen LogP contribution in [0.15, 0.2) is 70.9 Å². The molecule has 0 radical (unpaired) electrons. The molecule has 3 N–H and O–H groups in total. The van der Waals surface area contributed by atoms with E-state index in [2.05, 4.69) is 10.3 Å². The van der Waals surface area contributed by atoms with Gasteiger partial charge in [-0.05, 0) is 17.7 Å². The summed E-state index contributed by atoms with van der Waals surface area (Å²) >= 11 is 0. The first-order chi connectivity index (χ1) is 10.3. The lowest BCUT2D eigenvalue weighted by molar-refractivity contribution is 0.316. The molecule has 0 fully saturated rings. The molecule has 1 atom stereocenters. The van der Waals surface area contributed by atoms with Crippen LogP contribution in [-0.2, 0) is 0 Å². The van der Waals surface area contributed by atoms with E-state index in [1.165, 1.54) is 0 Å². The second-order valence-corrected chi connectivity index (χ2v) is 4.84. The van der Waals surface area contributed by atoms with Gasteiger partial charge in [-0.15, -0.1) is 0 Å². The van der Waals surface area contributed by atoms with E-state index in [-0.39, 0.29) is 11.9 Å². The molecule has 0 saturated carbocycles. The summed E-state index contributed by atoms with van der Waals surface area (Å²) < 4.78 is 0. The van der Waals surface area contributed by atoms with Gasteiger partial charge in [0, 0.05) is 6.42 Å². The molecule has 5 nitrogen and oxygen atoms in total. The topological polar surface area (TPSA) is 74.2 Å². The van der Waals surface area contributed by atoms with Crippen molar-refractivity contribution in [3.63, 3.8) is 0 Å². The van der Waals surface area contributed by atoms with E-state index < -0.39 is 0 Å². The van der Waals surface area contributed by atoms with Crippen molar-refractivity contribution in [2.24, 2.45) is 16.0 Å². The molecule has 0 amide bonds. The lowest BCUT2D eigenvalue weighted by Gasteiger charge is -2.22. The highest BCUT2D eigenvalue weighted by molar-refractivity contribution is 6.07. The number of oxime groups is 1. The first-order valence-corrected chi connectivity index (χ1v) is 6.74. The predicted molar refractivity (Wildman–Crippen MR) is 83.7 cm³/mol. The molecule has 1 aliphatic rings. The standard InChI is InChI=1S/C16H16N4O/c17-16(19-21)15-11-14(12-7-3-1-4-8-12)18-20(15)13-9-5-2-6-10-13/h1-10,15,21H,11H2,(H2,17,19)/t15-/m0/s1. The van der Waals surface area contributed by atoms with Crippen LogP contribution in [0.5, 0.6) is 0 Å². The Hall–Kier alpha value is -2.82. The second kappa shape index (κ2) is 5.66. The SMILES string of the molecule is N/C(=N\O)[C@@H]1CC(c2ccccc2)=NN1c1ccccc1. The van der Waals surface area contributed by atoms with Gasteiger partial charge in [0.05, 0.1) is 11.4 Å². The molecule has 5 heteroatoms. The monoisotopic (exact) mass is 280 g/mol. The minimum Gasteiger partial charge on any atom is -0.409 e. The zero-order valence-electron chi connectivity index (χ0n) is 11.4. The van der Waals surface area contributed by atoms with Gasteiger partial charge in [-0.25, -0.2) is 0 Å². The summed E-state index contributed by atoms with van der Waals surface area (Å²) in [5, 5.41) is 18.6. The highest BCUT2D eigenvalue weighted by Gasteiger charge is 2.31. The number of nitrogens with two attached hydrogens (primary N) is 1. The van der Waals surface area contributed by atoms with Crippen molar-refractivity contribution in [2.45, 2.75) is 12.5 Å². The molecular formula is C16H16N4O. The Labute approximate surface area is 123 Å². The lowest BCUT2D eigenvalue weighted by Crippen LogP contribution is -2.39. The summed E-state index contributed by atoms with van der Waals surface area (Å²) in [4.78, 5) is 0. The molecule has 0 aliphatic carbocycles. The molecule has 0 spiro atoms. The number of nitrogens with zero attached hydrogens (tertiary/aromatic N) is 3. The van der Waals surface area contributed by atoms with Crippen LogP contribution in [0.2, 0.25) is 0 Å². The molecule has 0 unspecified atom stereocenters. The number of hydrazone groups is 1. The zero-order valence-corrected chi connectivity index (χ0v) is 11.4. The minimum atomic E-state index is -0.271. The quantitative estimate of drug-likeness (QED) is 0.392. The van der Waals surface area contributed by atoms with Crippen molar-refractivity contribution in [1.82, 2.24) is 0 Å². The fourth-order valence-electron chi connectivity index (χ4n) is 2.43. The van der Waals surface area contributed by atoms with Crippen LogP contribution in [0.3, 0.4) is 0 Å². The molecule has 2 aromatic carbocycles. The minimum absolute atomic E-state index is 0.161. The van der Waals surface area contributed by atoms with Gasteiger partial charge in [0.1, 0.15) is 6.04 Å². The van der Waals surface area contributed by atoms with Crippen LogP contribution >= 0.6 is 0 Å². The van der Waals surface area contributed by atoms with Gasteiger partial charge in [0.15, 0.2) is 5.84 Å². The Kier molecular flexibility index (Phi) is 3.55. The van der Waals surface area contributed by atoms with Gasteiger partial charge in [-0.1, -0.05) is 53.7 Å². The largest absolute Gasteiger partial charge is 0.409 e. The highest BCUT2D eigenvalue weighted by atomic mass is 16.4. The van der Waals surface area contributed by atoms with Gasteiger partial charge >= 0.3 is 0 Å². The van der Waals surface area contributed by atoms with Gasteiger partial charge in [-0.3, -0.25) is 5.01 Å². The van der Waals surface area contributed by atoms with E-state index >= 15 is 0 Å². The second-order valence-electron chi connectivity index (χ2n) is 4.84. The number of benzene rings is 2. The van der Waals surface area contributed by atoms with Crippen LogP contribution in [-0.4, -0.2) is 22.8 Å². The van der Waals surface area contributed by atoms with Crippen molar-refractivity contribution in [1.29, 1.82) is 0 Å². The Balaban J connectivity index is 1.99. The Morgan fingerprint density at radius 1 is 1.10 bits per heavy atom. The van der Waals surface area contributed by atoms with Crippen LogP contribution in [0, 0.1) is 0 Å². The fourth-order valence-corrected chi connectivity index (χ4v) is 2.43. The summed E-state index contributed by atoms with van der Waals surface area (Å²) in [5.41, 5.74) is 8.72. The van der Waals surface area contributed by atoms with Gasteiger partial charge in [-0.2, -0.15) is 5.10 Å². The highest BCUT2D eigenvalue weighted by Crippen LogP contribution is 2.26. The average molecular weight is 280 g/mol. The zero-order chi connectivity index (χ0) is 14.7. The van der Waals surface area contributed by atoms with E-state index in [1.54, 1.807) is 5.01 Å². The van der Waals surface area contributed by atoms with Gasteiger partial charge in [0.25, 0.3) is 0 Å². The molecule has 21 heavy (non-hydrogen) atoms. The maximum Gasteiger partial charge on any atom is 0.164 e. The number of hydrogen-bond acceptors (Lipinski definition) is 4. The van der Waals surface area contributed by atoms with E-state index in [9.17, 15) is 0 Å². The first kappa shape index (κ1) is 13.2. The molecule has 3 rings (SSSR count). The predicted octanol–water partition coefficient (Wildman–Crippen LogP) is 2.42. The number of amidine groups is 1. The molecule has 0 aromatic heterocycles. The maximum absolute atomic E-state index is 9.00. The summed E-state index contributed by atoms with van der Waals surface area (Å²) in [7, 11) is 0. The van der Waals surface area contributed by atoms with E-state index in [0.717, 1.165) is 17.0 Å². The van der Waals surface area contributed by atoms with Crippen molar-refractivity contribution < 1.29 is 5.21 Å². The third-order valence-electron chi connectivity index (χ3n) is 3.49. The summed E-state index contributed by atoms with van der Waals surface area (Å²) in [6.07, 6.45) is 0.606. The number of para-hydroxylation sites is 1. The van der Waals surface area contributed by atoms with Crippen LogP contribution in [0.25, 0.3) is 0 Å². The number of anilines is 1. The van der Waals surface area contributed by atoms with E-state index in [1.807, 2.05) is 60.7 Å². The Morgan fingerprint density at radius 3 is 2.33 bits per heavy atom. The maximum atomic E-state index is 9.00. The smallest absolute Gasteiger partial charge is 0.164 e. The van der Waals surface area contributed by atoms with E-state index in [0.29, 0.717) is 6.42 Å². The van der Waals surface area contributed by atoms with Crippen molar-refractivity contribution in [3.05, 3.63) is 66.2 Å². The third kappa shape index (κ3) is 2.58. The molecule has 1 heterocycles. The third-order valence-corrected chi connectivity index (χ3v) is 3.49. The summed E-state index contributed by atoms with van der Waals surface area (Å²) in [6.45, 7) is 0. The van der Waals surface area contributed by atoms with Crippen molar-refractivity contribution in [2.75, 3.05) is 5.01 Å².